The van der Waals surface area contributed by atoms with Crippen molar-refractivity contribution >= 4 is 17.9 Å². The van der Waals surface area contributed by atoms with Crippen molar-refractivity contribution in [1.29, 1.82) is 0 Å². The molecule has 0 radical (unpaired) electrons. The standard InChI is InChI=1S/C46H91N3O6/c1-41(2)25-17-11-8-14-20-38-53-44(50)28-32-47-31-23-33-48(7)34-24-35-49(36-29-45(51)54-39-21-15-9-12-18-26-42(3)4)37-30-46(52)55-40-22-16-10-13-19-27-43(5)6/h41-43,47H,8-40H2,1-7H3. The van der Waals surface area contributed by atoms with E-state index < -0.39 is 0 Å². The molecule has 0 heterocycles. The molecule has 0 unspecified atom stereocenters. The highest BCUT2D eigenvalue weighted by Crippen LogP contribution is 2.13. The smallest absolute Gasteiger partial charge is 0.307 e. The Kier molecular flexibility index (Phi) is 37.9. The number of nitrogens with zero attached hydrogens (tertiary/aromatic N) is 2. The first-order valence-electron chi connectivity index (χ1n) is 23.1. The molecule has 0 aliphatic heterocycles. The highest BCUT2D eigenvalue weighted by atomic mass is 16.5. The SMILES string of the molecule is CC(C)CCCCCCCOC(=O)CCNCCCN(C)CCCN(CCC(=O)OCCCCCCCC(C)C)CCC(=O)OCCCCCCCC(C)C. The molecule has 0 aromatic rings. The Morgan fingerprint density at radius 3 is 1.20 bits per heavy atom. The third-order valence-corrected chi connectivity index (χ3v) is 10.2. The van der Waals surface area contributed by atoms with Crippen LogP contribution in [-0.4, -0.2) is 100 Å². The van der Waals surface area contributed by atoms with Crippen molar-refractivity contribution in [3.63, 3.8) is 0 Å². The second-order valence-electron chi connectivity index (χ2n) is 17.4. The van der Waals surface area contributed by atoms with E-state index in [4.69, 9.17) is 14.2 Å². The van der Waals surface area contributed by atoms with Gasteiger partial charge >= 0.3 is 17.9 Å². The van der Waals surface area contributed by atoms with Crippen LogP contribution < -0.4 is 5.32 Å². The number of esters is 3. The second-order valence-corrected chi connectivity index (χ2v) is 17.4. The summed E-state index contributed by atoms with van der Waals surface area (Å²) in [4.78, 5) is 41.7. The van der Waals surface area contributed by atoms with Crippen LogP contribution in [0.3, 0.4) is 0 Å². The van der Waals surface area contributed by atoms with Crippen LogP contribution in [-0.2, 0) is 28.6 Å². The highest BCUT2D eigenvalue weighted by molar-refractivity contribution is 5.70. The van der Waals surface area contributed by atoms with Crippen molar-refractivity contribution in [1.82, 2.24) is 15.1 Å². The molecule has 1 N–H and O–H groups in total. The molecule has 0 bridgehead atoms. The zero-order valence-electron chi connectivity index (χ0n) is 37.4. The number of hydrogen-bond acceptors (Lipinski definition) is 9. The summed E-state index contributed by atoms with van der Waals surface area (Å²) in [6, 6.07) is 0. The number of carbonyl (C=O) groups is 3. The van der Waals surface area contributed by atoms with Gasteiger partial charge in [0.1, 0.15) is 0 Å². The predicted molar refractivity (Wildman–Crippen MR) is 230 cm³/mol. The zero-order valence-corrected chi connectivity index (χ0v) is 37.4. The fraction of sp³-hybridized carbons (Fsp3) is 0.935. The molecule has 0 atom stereocenters. The minimum absolute atomic E-state index is 0.110. The van der Waals surface area contributed by atoms with Crippen molar-refractivity contribution in [2.75, 3.05) is 72.7 Å². The van der Waals surface area contributed by atoms with Gasteiger partial charge in [0.15, 0.2) is 0 Å². The van der Waals surface area contributed by atoms with E-state index in [1.165, 1.54) is 77.0 Å². The molecular weight excluding hydrogens is 691 g/mol. The lowest BCUT2D eigenvalue weighted by molar-refractivity contribution is -0.145. The Balaban J connectivity index is 4.31. The summed E-state index contributed by atoms with van der Waals surface area (Å²) in [7, 11) is 2.13. The van der Waals surface area contributed by atoms with Crippen LogP contribution in [0.2, 0.25) is 0 Å². The summed E-state index contributed by atoms with van der Waals surface area (Å²) in [6.45, 7) is 20.6. The average Bonchev–Trinajstić information content (AvgIpc) is 3.13. The molecule has 0 aromatic carbocycles. The minimum Gasteiger partial charge on any atom is -0.466 e. The summed E-state index contributed by atoms with van der Waals surface area (Å²) in [5.41, 5.74) is 0. The molecule has 0 saturated heterocycles. The van der Waals surface area contributed by atoms with Gasteiger partial charge in [0.2, 0.25) is 0 Å². The molecule has 0 spiro atoms. The van der Waals surface area contributed by atoms with E-state index in [2.05, 4.69) is 63.7 Å². The Hall–Kier alpha value is -1.71. The van der Waals surface area contributed by atoms with Gasteiger partial charge in [-0.2, -0.15) is 0 Å². The Bertz CT molecular complexity index is 844. The van der Waals surface area contributed by atoms with E-state index >= 15 is 0 Å². The molecule has 0 rings (SSSR count). The maximum Gasteiger partial charge on any atom is 0.307 e. The Morgan fingerprint density at radius 2 is 0.782 bits per heavy atom. The van der Waals surface area contributed by atoms with Crippen molar-refractivity contribution in [3.05, 3.63) is 0 Å². The van der Waals surface area contributed by atoms with Crippen LogP contribution in [0.25, 0.3) is 0 Å². The normalized spacial score (nSPS) is 11.8. The van der Waals surface area contributed by atoms with Crippen LogP contribution in [0, 0.1) is 17.8 Å². The van der Waals surface area contributed by atoms with Crippen molar-refractivity contribution in [3.8, 4) is 0 Å². The predicted octanol–water partition coefficient (Wildman–Crippen LogP) is 10.4. The largest absolute Gasteiger partial charge is 0.466 e. The van der Waals surface area contributed by atoms with E-state index in [9.17, 15) is 14.4 Å². The minimum atomic E-state index is -0.151. The van der Waals surface area contributed by atoms with Gasteiger partial charge in [0.05, 0.1) is 39.1 Å². The van der Waals surface area contributed by atoms with Crippen molar-refractivity contribution < 1.29 is 28.6 Å². The zero-order chi connectivity index (χ0) is 40.8. The van der Waals surface area contributed by atoms with E-state index in [0.29, 0.717) is 58.7 Å². The maximum absolute atomic E-state index is 12.5. The van der Waals surface area contributed by atoms with Crippen molar-refractivity contribution in [2.45, 2.75) is 189 Å². The highest BCUT2D eigenvalue weighted by Gasteiger charge is 2.13. The van der Waals surface area contributed by atoms with Crippen LogP contribution in [0.15, 0.2) is 0 Å². The molecule has 0 aliphatic carbocycles. The third kappa shape index (κ3) is 41.7. The Labute approximate surface area is 340 Å². The molecule has 0 aromatic heterocycles. The van der Waals surface area contributed by atoms with E-state index in [1.54, 1.807) is 0 Å². The molecule has 9 nitrogen and oxygen atoms in total. The first-order valence-corrected chi connectivity index (χ1v) is 23.1. The number of nitrogens with one attached hydrogen (secondary N) is 1. The topological polar surface area (TPSA) is 97.4 Å². The molecule has 0 aliphatic rings. The maximum atomic E-state index is 12.5. The summed E-state index contributed by atoms with van der Waals surface area (Å²) in [6.07, 6.45) is 24.4. The second kappa shape index (κ2) is 39.1. The molecule has 55 heavy (non-hydrogen) atoms. The van der Waals surface area contributed by atoms with Crippen LogP contribution in [0.4, 0.5) is 0 Å². The van der Waals surface area contributed by atoms with Crippen LogP contribution in [0.1, 0.15) is 189 Å². The number of unbranched alkanes of at least 4 members (excludes halogenated alkanes) is 12. The molecule has 0 saturated carbocycles. The molecular formula is C46H91N3O6. The lowest BCUT2D eigenvalue weighted by Crippen LogP contribution is -2.33. The first-order chi connectivity index (χ1) is 26.5. The third-order valence-electron chi connectivity index (χ3n) is 10.2. The van der Waals surface area contributed by atoms with E-state index in [0.717, 1.165) is 95.3 Å². The van der Waals surface area contributed by atoms with Crippen molar-refractivity contribution in [2.24, 2.45) is 17.8 Å². The number of rotatable bonds is 41. The fourth-order valence-corrected chi connectivity index (χ4v) is 6.63. The van der Waals surface area contributed by atoms with Crippen LogP contribution >= 0.6 is 0 Å². The van der Waals surface area contributed by atoms with Gasteiger partial charge in [0, 0.05) is 19.6 Å². The van der Waals surface area contributed by atoms with Gasteiger partial charge in [-0.05, 0) is 83.1 Å². The number of carbonyl (C=O) groups excluding carboxylic acids is 3. The van der Waals surface area contributed by atoms with E-state index in [1.807, 2.05) is 0 Å². The summed E-state index contributed by atoms with van der Waals surface area (Å²) in [5, 5.41) is 3.38. The molecule has 0 fully saturated rings. The number of hydrogen-bond donors (Lipinski definition) is 1. The summed E-state index contributed by atoms with van der Waals surface area (Å²) in [5.74, 6) is 1.91. The quantitative estimate of drug-likeness (QED) is 0.0369. The summed E-state index contributed by atoms with van der Waals surface area (Å²) >= 11 is 0. The monoisotopic (exact) mass is 782 g/mol. The lowest BCUT2D eigenvalue weighted by atomic mass is 10.0. The average molecular weight is 782 g/mol. The van der Waals surface area contributed by atoms with E-state index in [-0.39, 0.29) is 17.9 Å². The van der Waals surface area contributed by atoms with Gasteiger partial charge in [0.25, 0.3) is 0 Å². The fourth-order valence-electron chi connectivity index (χ4n) is 6.63. The lowest BCUT2D eigenvalue weighted by Gasteiger charge is -2.23. The van der Waals surface area contributed by atoms with Gasteiger partial charge in [-0.15, -0.1) is 0 Å². The first kappa shape index (κ1) is 53.3. The van der Waals surface area contributed by atoms with Gasteiger partial charge in [-0.25, -0.2) is 0 Å². The molecule has 326 valence electrons. The molecule has 9 heteroatoms. The van der Waals surface area contributed by atoms with Gasteiger partial charge in [-0.1, -0.05) is 138 Å². The Morgan fingerprint density at radius 1 is 0.418 bits per heavy atom. The summed E-state index contributed by atoms with van der Waals surface area (Å²) < 4.78 is 16.5. The van der Waals surface area contributed by atoms with Crippen LogP contribution in [0.5, 0.6) is 0 Å². The van der Waals surface area contributed by atoms with Gasteiger partial charge < -0.3 is 29.3 Å². The number of ether oxygens (including phenoxy) is 3. The molecule has 0 amide bonds. The van der Waals surface area contributed by atoms with Gasteiger partial charge in [-0.3, -0.25) is 14.4 Å².